The number of carbonyl (C=O) groups is 1. The lowest BCUT2D eigenvalue weighted by Gasteiger charge is -2.08. The molecule has 0 aliphatic heterocycles. The Labute approximate surface area is 123 Å². The highest BCUT2D eigenvalue weighted by atomic mass is 32.1. The molecule has 2 aromatic rings. The van der Waals surface area contributed by atoms with E-state index in [2.05, 4.69) is 29.5 Å². The first kappa shape index (κ1) is 14.7. The molecule has 2 N–H and O–H groups in total. The zero-order chi connectivity index (χ0) is 14.4. The van der Waals surface area contributed by atoms with Crippen molar-refractivity contribution in [3.05, 3.63) is 47.0 Å². The van der Waals surface area contributed by atoms with Gasteiger partial charge in [-0.1, -0.05) is 37.3 Å². The molecule has 0 saturated carbocycles. The number of amides is 1. The minimum atomic E-state index is -0.0341. The first-order valence-corrected chi connectivity index (χ1v) is 7.59. The molecule has 0 saturated heterocycles. The van der Waals surface area contributed by atoms with Gasteiger partial charge in [0.2, 0.25) is 5.91 Å². The fraction of sp³-hybridized carbons (Fsp3) is 0.333. The number of benzene rings is 1. The zero-order valence-corrected chi connectivity index (χ0v) is 12.5. The molecule has 0 spiro atoms. The number of anilines is 1. The quantitative estimate of drug-likeness (QED) is 0.859. The summed E-state index contributed by atoms with van der Waals surface area (Å²) in [6.45, 7) is 5.02. The molecule has 0 aliphatic rings. The third-order valence-corrected chi connectivity index (χ3v) is 3.71. The molecule has 20 heavy (non-hydrogen) atoms. The summed E-state index contributed by atoms with van der Waals surface area (Å²) in [6.07, 6.45) is 0.374. The number of carbonyl (C=O) groups excluding carboxylic acids is 1. The Morgan fingerprint density at radius 1 is 1.35 bits per heavy atom. The second kappa shape index (κ2) is 7.17. The van der Waals surface area contributed by atoms with Crippen molar-refractivity contribution in [1.82, 2.24) is 10.3 Å². The minimum Gasteiger partial charge on any atom is -0.309 e. The maximum Gasteiger partial charge on any atom is 0.230 e. The standard InChI is InChI=1S/C15H19N3OS/c1-3-16-11(2)13-10-20-15(17-13)18-14(19)9-12-7-5-4-6-8-12/h4-8,10-11,16H,3,9H2,1-2H3,(H,17,18,19). The number of aromatic nitrogens is 1. The van der Waals surface area contributed by atoms with Crippen LogP contribution in [-0.2, 0) is 11.2 Å². The summed E-state index contributed by atoms with van der Waals surface area (Å²) >= 11 is 1.46. The van der Waals surface area contributed by atoms with Gasteiger partial charge in [-0.3, -0.25) is 4.79 Å². The van der Waals surface area contributed by atoms with Gasteiger partial charge in [-0.2, -0.15) is 0 Å². The first-order chi connectivity index (χ1) is 9.69. The lowest BCUT2D eigenvalue weighted by atomic mass is 10.1. The summed E-state index contributed by atoms with van der Waals surface area (Å²) in [6, 6.07) is 9.90. The topological polar surface area (TPSA) is 54.0 Å². The number of nitrogens with one attached hydrogen (secondary N) is 2. The van der Waals surface area contributed by atoms with E-state index in [-0.39, 0.29) is 11.9 Å². The summed E-state index contributed by atoms with van der Waals surface area (Å²) in [5.41, 5.74) is 1.97. The Bertz CT molecular complexity index is 553. The first-order valence-electron chi connectivity index (χ1n) is 6.71. The summed E-state index contributed by atoms with van der Waals surface area (Å²) in [5.74, 6) is -0.0341. The molecule has 5 heteroatoms. The fourth-order valence-corrected chi connectivity index (χ4v) is 2.72. The lowest BCUT2D eigenvalue weighted by Crippen LogP contribution is -2.18. The highest BCUT2D eigenvalue weighted by molar-refractivity contribution is 7.13. The van der Waals surface area contributed by atoms with Crippen LogP contribution in [0.5, 0.6) is 0 Å². The number of thiazole rings is 1. The zero-order valence-electron chi connectivity index (χ0n) is 11.7. The van der Waals surface area contributed by atoms with Crippen LogP contribution in [0.25, 0.3) is 0 Å². The largest absolute Gasteiger partial charge is 0.309 e. The predicted molar refractivity (Wildman–Crippen MR) is 83.0 cm³/mol. The fourth-order valence-electron chi connectivity index (χ4n) is 1.90. The molecule has 4 nitrogen and oxygen atoms in total. The average molecular weight is 289 g/mol. The highest BCUT2D eigenvalue weighted by Gasteiger charge is 2.11. The molecule has 1 aromatic carbocycles. The van der Waals surface area contributed by atoms with Crippen molar-refractivity contribution in [2.24, 2.45) is 0 Å². The van der Waals surface area contributed by atoms with Crippen molar-refractivity contribution < 1.29 is 4.79 Å². The van der Waals surface area contributed by atoms with E-state index in [4.69, 9.17) is 0 Å². The maximum absolute atomic E-state index is 11.9. The van der Waals surface area contributed by atoms with Gasteiger partial charge in [-0.15, -0.1) is 11.3 Å². The van der Waals surface area contributed by atoms with Gasteiger partial charge in [0.1, 0.15) is 0 Å². The van der Waals surface area contributed by atoms with Crippen LogP contribution in [0.4, 0.5) is 5.13 Å². The van der Waals surface area contributed by atoms with Gasteiger partial charge < -0.3 is 10.6 Å². The van der Waals surface area contributed by atoms with E-state index in [0.717, 1.165) is 17.8 Å². The van der Waals surface area contributed by atoms with Gasteiger partial charge >= 0.3 is 0 Å². The Morgan fingerprint density at radius 3 is 2.80 bits per heavy atom. The number of nitrogens with zero attached hydrogens (tertiary/aromatic N) is 1. The third-order valence-electron chi connectivity index (χ3n) is 2.93. The van der Waals surface area contributed by atoms with Crippen LogP contribution in [-0.4, -0.2) is 17.4 Å². The smallest absolute Gasteiger partial charge is 0.230 e. The van der Waals surface area contributed by atoms with Crippen molar-refractivity contribution in [2.45, 2.75) is 26.3 Å². The molecule has 1 amide bonds. The number of rotatable bonds is 6. The van der Waals surface area contributed by atoms with E-state index >= 15 is 0 Å². The molecule has 1 unspecified atom stereocenters. The molecule has 0 bridgehead atoms. The van der Waals surface area contributed by atoms with Crippen LogP contribution in [0.15, 0.2) is 35.7 Å². The monoisotopic (exact) mass is 289 g/mol. The molecular weight excluding hydrogens is 270 g/mol. The summed E-state index contributed by atoms with van der Waals surface area (Å²) < 4.78 is 0. The SMILES string of the molecule is CCNC(C)c1csc(NC(=O)Cc2ccccc2)n1. The van der Waals surface area contributed by atoms with Gasteiger partial charge in [0.25, 0.3) is 0 Å². The highest BCUT2D eigenvalue weighted by Crippen LogP contribution is 2.20. The van der Waals surface area contributed by atoms with Gasteiger partial charge in [0.05, 0.1) is 12.1 Å². The predicted octanol–water partition coefficient (Wildman–Crippen LogP) is 2.99. The molecule has 0 radical (unpaired) electrons. The molecule has 1 heterocycles. The second-order valence-electron chi connectivity index (χ2n) is 4.57. The van der Waals surface area contributed by atoms with Crippen LogP contribution >= 0.6 is 11.3 Å². The Balaban J connectivity index is 1.92. The summed E-state index contributed by atoms with van der Waals surface area (Å²) in [7, 11) is 0. The summed E-state index contributed by atoms with van der Waals surface area (Å²) in [4.78, 5) is 16.4. The lowest BCUT2D eigenvalue weighted by molar-refractivity contribution is -0.115. The maximum atomic E-state index is 11.9. The van der Waals surface area contributed by atoms with Crippen LogP contribution < -0.4 is 10.6 Å². The van der Waals surface area contributed by atoms with Gasteiger partial charge in [0, 0.05) is 11.4 Å². The Kier molecular flexibility index (Phi) is 5.26. The molecular formula is C15H19N3OS. The molecule has 2 rings (SSSR count). The van der Waals surface area contributed by atoms with E-state index in [9.17, 15) is 4.79 Å². The van der Waals surface area contributed by atoms with Gasteiger partial charge in [-0.25, -0.2) is 4.98 Å². The van der Waals surface area contributed by atoms with Crippen LogP contribution in [0.1, 0.15) is 31.1 Å². The van der Waals surface area contributed by atoms with Crippen molar-refractivity contribution in [3.63, 3.8) is 0 Å². The minimum absolute atomic E-state index is 0.0341. The van der Waals surface area contributed by atoms with E-state index in [1.54, 1.807) is 0 Å². The van der Waals surface area contributed by atoms with Crippen LogP contribution in [0.2, 0.25) is 0 Å². The van der Waals surface area contributed by atoms with Crippen LogP contribution in [0, 0.1) is 0 Å². The van der Waals surface area contributed by atoms with E-state index in [0.29, 0.717) is 11.6 Å². The number of hydrogen-bond donors (Lipinski definition) is 2. The van der Waals surface area contributed by atoms with Crippen molar-refractivity contribution in [3.8, 4) is 0 Å². The normalized spacial score (nSPS) is 12.1. The van der Waals surface area contributed by atoms with Gasteiger partial charge in [0.15, 0.2) is 5.13 Å². The molecule has 0 aliphatic carbocycles. The number of hydrogen-bond acceptors (Lipinski definition) is 4. The summed E-state index contributed by atoms with van der Waals surface area (Å²) in [5, 5.41) is 8.78. The van der Waals surface area contributed by atoms with E-state index < -0.39 is 0 Å². The molecule has 1 atom stereocenters. The Hall–Kier alpha value is -1.72. The van der Waals surface area contributed by atoms with E-state index in [1.807, 2.05) is 35.7 Å². The van der Waals surface area contributed by atoms with Gasteiger partial charge in [-0.05, 0) is 19.0 Å². The van der Waals surface area contributed by atoms with E-state index in [1.165, 1.54) is 11.3 Å². The van der Waals surface area contributed by atoms with Crippen molar-refractivity contribution in [2.75, 3.05) is 11.9 Å². The van der Waals surface area contributed by atoms with Crippen molar-refractivity contribution in [1.29, 1.82) is 0 Å². The Morgan fingerprint density at radius 2 is 2.10 bits per heavy atom. The molecule has 106 valence electrons. The third kappa shape index (κ3) is 4.15. The molecule has 0 fully saturated rings. The molecule has 1 aromatic heterocycles. The second-order valence-corrected chi connectivity index (χ2v) is 5.43. The van der Waals surface area contributed by atoms with Crippen LogP contribution in [0.3, 0.4) is 0 Å². The average Bonchev–Trinajstić information content (AvgIpc) is 2.88. The van der Waals surface area contributed by atoms with Crippen molar-refractivity contribution >= 4 is 22.4 Å².